The number of benzene rings is 2. The van der Waals surface area contributed by atoms with Crippen molar-refractivity contribution in [2.75, 3.05) is 0 Å². The van der Waals surface area contributed by atoms with Crippen LogP contribution >= 0.6 is 0 Å². The molecule has 0 radical (unpaired) electrons. The predicted molar refractivity (Wildman–Crippen MR) is 108 cm³/mol. The summed E-state index contributed by atoms with van der Waals surface area (Å²) in [6.07, 6.45) is 0. The Balaban J connectivity index is 2.38. The summed E-state index contributed by atoms with van der Waals surface area (Å²) in [5, 5.41) is 2.26. The normalized spacial score (nSPS) is 13.5. The molecule has 5 heteroatoms. The van der Waals surface area contributed by atoms with Crippen LogP contribution in [-0.4, -0.2) is 28.7 Å². The van der Waals surface area contributed by atoms with Crippen molar-refractivity contribution >= 4 is 33.5 Å². The number of hydrogen-bond acceptors (Lipinski definition) is 2. The summed E-state index contributed by atoms with van der Waals surface area (Å²) in [5.41, 5.74) is 16.3. The van der Waals surface area contributed by atoms with Crippen molar-refractivity contribution in [1.82, 2.24) is 4.98 Å². The maximum Gasteiger partial charge on any atom is 0.128 e. The number of aromatic amines is 1. The van der Waals surface area contributed by atoms with Gasteiger partial charge in [-0.1, -0.05) is 24.3 Å². The number of aliphatic imine (C=N–C) groups is 2. The van der Waals surface area contributed by atoms with E-state index in [1.165, 1.54) is 0 Å². The minimum Gasteiger partial charge on any atom is -0.383 e. The smallest absolute Gasteiger partial charge is 0.128 e. The van der Waals surface area contributed by atoms with Gasteiger partial charge in [0.05, 0.1) is 11.1 Å². The van der Waals surface area contributed by atoms with Gasteiger partial charge in [0.1, 0.15) is 11.7 Å². The molecule has 5 nitrogen and oxygen atoms in total. The van der Waals surface area contributed by atoms with E-state index in [-0.39, 0.29) is 12.1 Å². The average molecular weight is 335 g/mol. The number of rotatable bonds is 4. The third-order valence-corrected chi connectivity index (χ3v) is 4.01. The number of nitrogens with zero attached hydrogens (tertiary/aromatic N) is 2. The minimum absolute atomic E-state index is 0.0933. The van der Waals surface area contributed by atoms with E-state index in [0.29, 0.717) is 11.7 Å². The zero-order chi connectivity index (χ0) is 18.1. The Hall–Kier alpha value is -2.82. The summed E-state index contributed by atoms with van der Waals surface area (Å²) in [6.45, 7) is 8.01. The number of nitrogens with two attached hydrogens (primary N) is 2. The van der Waals surface area contributed by atoms with Crippen molar-refractivity contribution in [2.45, 2.75) is 39.8 Å². The van der Waals surface area contributed by atoms with Gasteiger partial charge in [-0.15, -0.1) is 0 Å². The van der Waals surface area contributed by atoms with Crippen molar-refractivity contribution in [3.63, 3.8) is 0 Å². The number of para-hydroxylation sites is 1. The first kappa shape index (κ1) is 17.0. The molecule has 0 saturated heterocycles. The van der Waals surface area contributed by atoms with Crippen molar-refractivity contribution in [2.24, 2.45) is 21.5 Å². The summed E-state index contributed by atoms with van der Waals surface area (Å²) in [6, 6.07) is 12.5. The van der Waals surface area contributed by atoms with Crippen molar-refractivity contribution < 1.29 is 0 Å². The Morgan fingerprint density at radius 3 is 2.16 bits per heavy atom. The highest BCUT2D eigenvalue weighted by molar-refractivity contribution is 6.21. The molecule has 5 N–H and O–H groups in total. The first-order valence-electron chi connectivity index (χ1n) is 8.59. The van der Waals surface area contributed by atoms with Crippen LogP contribution in [0.2, 0.25) is 0 Å². The zero-order valence-electron chi connectivity index (χ0n) is 15.2. The van der Waals surface area contributed by atoms with Crippen molar-refractivity contribution in [3.05, 3.63) is 47.5 Å². The molecule has 0 spiro atoms. The number of amidine groups is 2. The van der Waals surface area contributed by atoms with Gasteiger partial charge in [0, 0.05) is 33.9 Å². The molecule has 0 fully saturated rings. The van der Waals surface area contributed by atoms with Gasteiger partial charge in [-0.25, -0.2) is 0 Å². The Bertz CT molecular complexity index is 976. The van der Waals surface area contributed by atoms with E-state index in [2.05, 4.69) is 33.2 Å². The van der Waals surface area contributed by atoms with Crippen LogP contribution in [0.3, 0.4) is 0 Å². The first-order valence-corrected chi connectivity index (χ1v) is 8.59. The standard InChI is InChI=1S/C20H25N5/c1-11(2)23-19(21)15-10-9-14-13-7-5-6-8-16(13)25-18(14)17(15)20(22)24-12(3)4/h5-12,25H,1-4H3,(H2,21,23)(H2,22,24). The van der Waals surface area contributed by atoms with Gasteiger partial charge < -0.3 is 16.5 Å². The summed E-state index contributed by atoms with van der Waals surface area (Å²) in [5.74, 6) is 0.955. The Labute approximate surface area is 147 Å². The van der Waals surface area contributed by atoms with E-state index in [1.807, 2.05) is 45.9 Å². The van der Waals surface area contributed by atoms with Crippen LogP contribution in [0, 0.1) is 0 Å². The van der Waals surface area contributed by atoms with Gasteiger partial charge in [-0.05, 0) is 39.8 Å². The lowest BCUT2D eigenvalue weighted by Crippen LogP contribution is -2.24. The quantitative estimate of drug-likeness (QED) is 0.502. The topological polar surface area (TPSA) is 92.5 Å². The molecule has 2 aromatic carbocycles. The summed E-state index contributed by atoms with van der Waals surface area (Å²) in [7, 11) is 0. The van der Waals surface area contributed by atoms with E-state index in [9.17, 15) is 0 Å². The highest BCUT2D eigenvalue weighted by Crippen LogP contribution is 2.29. The largest absolute Gasteiger partial charge is 0.383 e. The number of H-pyrrole nitrogens is 1. The molecule has 0 aliphatic carbocycles. The highest BCUT2D eigenvalue weighted by atomic mass is 14.9. The van der Waals surface area contributed by atoms with Gasteiger partial charge in [0.15, 0.2) is 0 Å². The second-order valence-electron chi connectivity index (χ2n) is 6.80. The lowest BCUT2D eigenvalue weighted by atomic mass is 10.0. The van der Waals surface area contributed by atoms with E-state index in [0.717, 1.165) is 32.9 Å². The van der Waals surface area contributed by atoms with Crippen LogP contribution in [0.15, 0.2) is 46.4 Å². The van der Waals surface area contributed by atoms with Gasteiger partial charge in [-0.3, -0.25) is 9.98 Å². The SMILES string of the molecule is CC(C)N=C(N)c1ccc2c([nH]c3ccccc32)c1C(N)=NC(C)C. The number of aromatic nitrogens is 1. The van der Waals surface area contributed by atoms with Crippen LogP contribution in [0.5, 0.6) is 0 Å². The molecule has 1 aromatic heterocycles. The second-order valence-corrected chi connectivity index (χ2v) is 6.80. The lowest BCUT2D eigenvalue weighted by molar-refractivity contribution is 0.832. The molecule has 0 aliphatic heterocycles. The summed E-state index contributed by atoms with van der Waals surface area (Å²) < 4.78 is 0. The maximum atomic E-state index is 6.37. The first-order chi connectivity index (χ1) is 11.9. The van der Waals surface area contributed by atoms with E-state index in [1.54, 1.807) is 0 Å². The second kappa shape index (κ2) is 6.59. The monoisotopic (exact) mass is 335 g/mol. The molecule has 0 aliphatic rings. The molecule has 25 heavy (non-hydrogen) atoms. The van der Waals surface area contributed by atoms with Gasteiger partial charge >= 0.3 is 0 Å². The van der Waals surface area contributed by atoms with Crippen molar-refractivity contribution in [1.29, 1.82) is 0 Å². The average Bonchev–Trinajstić information content (AvgIpc) is 2.91. The molecular formula is C20H25N5. The molecule has 0 bridgehead atoms. The Morgan fingerprint density at radius 2 is 1.48 bits per heavy atom. The fraction of sp³-hybridized carbons (Fsp3) is 0.300. The minimum atomic E-state index is 0.0933. The van der Waals surface area contributed by atoms with Crippen molar-refractivity contribution in [3.8, 4) is 0 Å². The molecule has 0 saturated carbocycles. The highest BCUT2D eigenvalue weighted by Gasteiger charge is 2.18. The molecule has 1 heterocycles. The van der Waals surface area contributed by atoms with Gasteiger partial charge in [-0.2, -0.15) is 0 Å². The van der Waals surface area contributed by atoms with E-state index >= 15 is 0 Å². The number of nitrogens with one attached hydrogen (secondary N) is 1. The third-order valence-electron chi connectivity index (χ3n) is 4.01. The van der Waals surface area contributed by atoms with E-state index < -0.39 is 0 Å². The summed E-state index contributed by atoms with van der Waals surface area (Å²) >= 11 is 0. The molecule has 130 valence electrons. The zero-order valence-corrected chi connectivity index (χ0v) is 15.2. The lowest BCUT2D eigenvalue weighted by Gasteiger charge is -2.12. The molecule has 3 aromatic rings. The molecule has 3 rings (SSSR count). The fourth-order valence-electron chi connectivity index (χ4n) is 3.09. The van der Waals surface area contributed by atoms with Crippen LogP contribution in [0.4, 0.5) is 0 Å². The third kappa shape index (κ3) is 3.22. The van der Waals surface area contributed by atoms with Crippen LogP contribution in [0.1, 0.15) is 38.8 Å². The van der Waals surface area contributed by atoms with Crippen LogP contribution in [0.25, 0.3) is 21.8 Å². The Morgan fingerprint density at radius 1 is 0.840 bits per heavy atom. The fourth-order valence-corrected chi connectivity index (χ4v) is 3.09. The van der Waals surface area contributed by atoms with Crippen LogP contribution in [-0.2, 0) is 0 Å². The molecular weight excluding hydrogens is 310 g/mol. The predicted octanol–water partition coefficient (Wildman–Crippen LogP) is 3.55. The van der Waals surface area contributed by atoms with Gasteiger partial charge in [0.25, 0.3) is 0 Å². The Kier molecular flexibility index (Phi) is 4.49. The van der Waals surface area contributed by atoms with Crippen LogP contribution < -0.4 is 11.5 Å². The number of fused-ring (bicyclic) bond motifs is 3. The molecule has 0 amide bonds. The summed E-state index contributed by atoms with van der Waals surface area (Å²) in [4.78, 5) is 12.5. The van der Waals surface area contributed by atoms with Gasteiger partial charge in [0.2, 0.25) is 0 Å². The maximum absolute atomic E-state index is 6.37. The number of hydrogen-bond donors (Lipinski definition) is 3. The van der Waals surface area contributed by atoms with E-state index in [4.69, 9.17) is 11.5 Å². The molecule has 0 unspecified atom stereocenters. The molecule has 0 atom stereocenters.